The van der Waals surface area contributed by atoms with E-state index in [4.69, 9.17) is 0 Å². The highest BCUT2D eigenvalue weighted by Crippen LogP contribution is 2.16. The Hall–Kier alpha value is -1.35. The fourth-order valence-corrected chi connectivity index (χ4v) is 1.99. The molecule has 0 aliphatic heterocycles. The number of para-hydroxylation sites is 1. The Labute approximate surface area is 117 Å². The Bertz CT molecular complexity index is 374. The van der Waals surface area contributed by atoms with E-state index < -0.39 is 0 Å². The van der Waals surface area contributed by atoms with Crippen LogP contribution in [0.15, 0.2) is 30.3 Å². The molecule has 0 aliphatic carbocycles. The van der Waals surface area contributed by atoms with Gasteiger partial charge < -0.3 is 10.2 Å². The van der Waals surface area contributed by atoms with E-state index in [2.05, 4.69) is 19.2 Å². The molecule has 3 heteroatoms. The zero-order valence-corrected chi connectivity index (χ0v) is 12.5. The van der Waals surface area contributed by atoms with E-state index in [1.165, 1.54) is 0 Å². The monoisotopic (exact) mass is 262 g/mol. The third-order valence-electron chi connectivity index (χ3n) is 2.99. The Morgan fingerprint density at radius 1 is 1.16 bits per heavy atom. The molecule has 19 heavy (non-hydrogen) atoms. The number of hydrogen-bond acceptors (Lipinski definition) is 2. The number of carbonyl (C=O) groups is 1. The third-order valence-corrected chi connectivity index (χ3v) is 2.99. The molecule has 0 heterocycles. The van der Waals surface area contributed by atoms with E-state index in [1.54, 1.807) is 0 Å². The minimum Gasteiger partial charge on any atom is -0.309 e. The maximum absolute atomic E-state index is 12.3. The van der Waals surface area contributed by atoms with Gasteiger partial charge >= 0.3 is 0 Å². The number of hydrogen-bond donors (Lipinski definition) is 1. The molecule has 1 aromatic carbocycles. The molecule has 0 unspecified atom stereocenters. The smallest absolute Gasteiger partial charge is 0.241 e. The first kappa shape index (κ1) is 15.7. The van der Waals surface area contributed by atoms with E-state index in [9.17, 15) is 4.79 Å². The van der Waals surface area contributed by atoms with Gasteiger partial charge in [-0.25, -0.2) is 0 Å². The van der Waals surface area contributed by atoms with Crippen molar-refractivity contribution >= 4 is 11.6 Å². The summed E-state index contributed by atoms with van der Waals surface area (Å²) in [5.41, 5.74) is 0.966. The van der Waals surface area contributed by atoms with Crippen LogP contribution < -0.4 is 10.2 Å². The van der Waals surface area contributed by atoms with Gasteiger partial charge in [0.05, 0.1) is 6.54 Å². The lowest BCUT2D eigenvalue weighted by atomic mass is 10.1. The van der Waals surface area contributed by atoms with Crippen LogP contribution >= 0.6 is 0 Å². The lowest BCUT2D eigenvalue weighted by molar-refractivity contribution is -0.118. The third kappa shape index (κ3) is 5.43. The number of benzene rings is 1. The van der Waals surface area contributed by atoms with Gasteiger partial charge in [0.25, 0.3) is 0 Å². The summed E-state index contributed by atoms with van der Waals surface area (Å²) >= 11 is 0. The predicted molar refractivity (Wildman–Crippen MR) is 81.4 cm³/mol. The van der Waals surface area contributed by atoms with E-state index in [0.717, 1.165) is 18.7 Å². The molecule has 0 saturated carbocycles. The largest absolute Gasteiger partial charge is 0.309 e. The number of nitrogens with zero attached hydrogens (tertiary/aromatic N) is 1. The molecule has 0 spiro atoms. The molecule has 3 nitrogen and oxygen atoms in total. The van der Waals surface area contributed by atoms with Crippen molar-refractivity contribution in [3.05, 3.63) is 30.3 Å². The SMILES string of the molecule is CC(C)CCNCC(=O)N(c1ccccc1)C(C)C. The van der Waals surface area contributed by atoms with Gasteiger partial charge in [0.2, 0.25) is 5.91 Å². The average molecular weight is 262 g/mol. The van der Waals surface area contributed by atoms with Crippen LogP contribution in [0.25, 0.3) is 0 Å². The molecule has 0 bridgehead atoms. The van der Waals surface area contributed by atoms with E-state index >= 15 is 0 Å². The van der Waals surface area contributed by atoms with Crippen molar-refractivity contribution in [2.45, 2.75) is 40.2 Å². The fraction of sp³-hybridized carbons (Fsp3) is 0.562. The van der Waals surface area contributed by atoms with Crippen LogP contribution in [0, 0.1) is 5.92 Å². The lowest BCUT2D eigenvalue weighted by Gasteiger charge is -2.27. The second-order valence-electron chi connectivity index (χ2n) is 5.55. The van der Waals surface area contributed by atoms with Gasteiger partial charge in [0, 0.05) is 11.7 Å². The minimum atomic E-state index is 0.130. The molecule has 106 valence electrons. The zero-order chi connectivity index (χ0) is 14.3. The van der Waals surface area contributed by atoms with Gasteiger partial charge in [0.1, 0.15) is 0 Å². The maximum Gasteiger partial charge on any atom is 0.241 e. The molecule has 1 amide bonds. The topological polar surface area (TPSA) is 32.3 Å². The highest BCUT2D eigenvalue weighted by molar-refractivity contribution is 5.95. The summed E-state index contributed by atoms with van der Waals surface area (Å²) in [6, 6.07) is 10.0. The molecular formula is C16H26N2O. The summed E-state index contributed by atoms with van der Waals surface area (Å²) in [6.07, 6.45) is 1.10. The molecule has 1 rings (SSSR count). The number of anilines is 1. The Balaban J connectivity index is 2.55. The van der Waals surface area contributed by atoms with Crippen LogP contribution in [0.2, 0.25) is 0 Å². The van der Waals surface area contributed by atoms with E-state index in [1.807, 2.05) is 49.1 Å². The molecule has 0 atom stereocenters. The first-order valence-electron chi connectivity index (χ1n) is 7.10. The maximum atomic E-state index is 12.3. The normalized spacial score (nSPS) is 11.1. The van der Waals surface area contributed by atoms with Gasteiger partial charge in [0.15, 0.2) is 0 Å². The van der Waals surface area contributed by atoms with E-state index in [-0.39, 0.29) is 11.9 Å². The zero-order valence-electron chi connectivity index (χ0n) is 12.5. The van der Waals surface area contributed by atoms with Crippen molar-refractivity contribution in [2.75, 3.05) is 18.0 Å². The second-order valence-corrected chi connectivity index (χ2v) is 5.55. The Morgan fingerprint density at radius 3 is 2.32 bits per heavy atom. The van der Waals surface area contributed by atoms with Gasteiger partial charge in [-0.1, -0.05) is 32.0 Å². The average Bonchev–Trinajstić information content (AvgIpc) is 2.35. The van der Waals surface area contributed by atoms with Crippen LogP contribution in [-0.4, -0.2) is 25.0 Å². The molecule has 0 aromatic heterocycles. The first-order valence-corrected chi connectivity index (χ1v) is 7.10. The fourth-order valence-electron chi connectivity index (χ4n) is 1.99. The van der Waals surface area contributed by atoms with Crippen LogP contribution in [-0.2, 0) is 4.79 Å². The van der Waals surface area contributed by atoms with Crippen molar-refractivity contribution in [3.8, 4) is 0 Å². The van der Waals surface area contributed by atoms with Gasteiger partial charge in [-0.3, -0.25) is 4.79 Å². The van der Waals surface area contributed by atoms with Crippen LogP contribution in [0.1, 0.15) is 34.1 Å². The molecule has 1 N–H and O–H groups in total. The summed E-state index contributed by atoms with van der Waals surface area (Å²) < 4.78 is 0. The van der Waals surface area contributed by atoms with Crippen LogP contribution in [0.5, 0.6) is 0 Å². The number of amides is 1. The predicted octanol–water partition coefficient (Wildman–Crippen LogP) is 3.06. The van der Waals surface area contributed by atoms with Gasteiger partial charge in [-0.2, -0.15) is 0 Å². The van der Waals surface area contributed by atoms with Gasteiger partial charge in [-0.15, -0.1) is 0 Å². The van der Waals surface area contributed by atoms with Crippen molar-refractivity contribution < 1.29 is 4.79 Å². The van der Waals surface area contributed by atoms with Crippen LogP contribution in [0.4, 0.5) is 5.69 Å². The number of nitrogens with one attached hydrogen (secondary N) is 1. The van der Waals surface area contributed by atoms with Crippen molar-refractivity contribution in [3.63, 3.8) is 0 Å². The summed E-state index contributed by atoms with van der Waals surface area (Å²) in [4.78, 5) is 14.1. The van der Waals surface area contributed by atoms with Crippen LogP contribution in [0.3, 0.4) is 0 Å². The molecule has 0 fully saturated rings. The van der Waals surface area contributed by atoms with Gasteiger partial charge in [-0.05, 0) is 44.9 Å². The summed E-state index contributed by atoms with van der Waals surface area (Å²) in [5.74, 6) is 0.794. The summed E-state index contributed by atoms with van der Waals surface area (Å²) in [7, 11) is 0. The lowest BCUT2D eigenvalue weighted by Crippen LogP contribution is -2.42. The highest BCUT2D eigenvalue weighted by Gasteiger charge is 2.17. The van der Waals surface area contributed by atoms with E-state index in [0.29, 0.717) is 12.5 Å². The standard InChI is InChI=1S/C16H26N2O/c1-13(2)10-11-17-12-16(19)18(14(3)4)15-8-6-5-7-9-15/h5-9,13-14,17H,10-12H2,1-4H3. The van der Waals surface area contributed by atoms with Crippen molar-refractivity contribution in [1.29, 1.82) is 0 Å². The Morgan fingerprint density at radius 2 is 1.79 bits per heavy atom. The summed E-state index contributed by atoms with van der Waals surface area (Å²) in [5, 5.41) is 3.23. The second kappa shape index (κ2) is 7.95. The minimum absolute atomic E-state index is 0.130. The first-order chi connectivity index (χ1) is 9.02. The highest BCUT2D eigenvalue weighted by atomic mass is 16.2. The molecule has 0 radical (unpaired) electrons. The molecule has 0 saturated heterocycles. The van der Waals surface area contributed by atoms with Crippen molar-refractivity contribution in [2.24, 2.45) is 5.92 Å². The number of carbonyl (C=O) groups excluding carboxylic acids is 1. The quantitative estimate of drug-likeness (QED) is 0.766. The number of rotatable bonds is 7. The molecule has 1 aromatic rings. The molecule has 0 aliphatic rings. The Kier molecular flexibility index (Phi) is 6.57. The molecular weight excluding hydrogens is 236 g/mol. The summed E-state index contributed by atoms with van der Waals surface area (Å²) in [6.45, 7) is 9.75. The van der Waals surface area contributed by atoms with Crippen molar-refractivity contribution in [1.82, 2.24) is 5.32 Å².